The van der Waals surface area contributed by atoms with Crippen LogP contribution >= 0.6 is 0 Å². The van der Waals surface area contributed by atoms with Crippen molar-refractivity contribution < 1.29 is 14.3 Å². The third-order valence-corrected chi connectivity index (χ3v) is 3.61. The first-order chi connectivity index (χ1) is 9.21. The van der Waals surface area contributed by atoms with Crippen molar-refractivity contribution >= 4 is 11.5 Å². The Morgan fingerprint density at radius 1 is 1.26 bits per heavy atom. The number of nitrogens with zero attached hydrogens (tertiary/aromatic N) is 1. The average molecular weight is 263 g/mol. The van der Waals surface area contributed by atoms with Gasteiger partial charge in [-0.1, -0.05) is 0 Å². The summed E-state index contributed by atoms with van der Waals surface area (Å²) in [5.41, 5.74) is 3.01. The minimum Gasteiger partial charge on any atom is -0.495 e. The molecule has 0 fully saturated rings. The topological polar surface area (TPSA) is 38.8 Å². The molecule has 0 spiro atoms. The van der Waals surface area contributed by atoms with Crippen LogP contribution in [0.4, 0.5) is 5.69 Å². The molecule has 1 aromatic carbocycles. The zero-order valence-corrected chi connectivity index (χ0v) is 11.9. The van der Waals surface area contributed by atoms with Crippen LogP contribution in [0.3, 0.4) is 0 Å². The van der Waals surface area contributed by atoms with Gasteiger partial charge >= 0.3 is 0 Å². The Morgan fingerprint density at radius 2 is 2.05 bits per heavy atom. The molecule has 2 rings (SSSR count). The van der Waals surface area contributed by atoms with Crippen molar-refractivity contribution in [1.29, 1.82) is 0 Å². The van der Waals surface area contributed by atoms with Crippen molar-refractivity contribution in [2.24, 2.45) is 0 Å². The second-order valence-corrected chi connectivity index (χ2v) is 4.68. The van der Waals surface area contributed by atoms with E-state index in [-0.39, 0.29) is 5.78 Å². The summed E-state index contributed by atoms with van der Waals surface area (Å²) in [5.74, 6) is 0.992. The van der Waals surface area contributed by atoms with Crippen LogP contribution < -0.4 is 9.64 Å². The molecule has 0 saturated heterocycles. The largest absolute Gasteiger partial charge is 0.495 e. The number of ether oxygens (including phenoxy) is 2. The molecule has 1 aromatic rings. The average Bonchev–Trinajstić information content (AvgIpc) is 2.79. The van der Waals surface area contributed by atoms with E-state index in [0.717, 1.165) is 42.1 Å². The Hall–Kier alpha value is -1.55. The molecule has 0 atom stereocenters. The number of ketones is 1. The number of rotatable bonds is 6. The number of carbonyl (C=O) groups is 1. The standard InChI is InChI=1S/C15H21NO3/c1-4-16(7-8-18-2)13-9-11-5-6-14(17)12(11)10-15(13)19-3/h9-10H,4-8H2,1-3H3. The van der Waals surface area contributed by atoms with Gasteiger partial charge in [0.25, 0.3) is 0 Å². The molecule has 19 heavy (non-hydrogen) atoms. The number of aryl methyl sites for hydroxylation is 1. The van der Waals surface area contributed by atoms with Gasteiger partial charge in [0, 0.05) is 32.2 Å². The molecule has 0 heterocycles. The van der Waals surface area contributed by atoms with Crippen LogP contribution in [-0.2, 0) is 11.2 Å². The highest BCUT2D eigenvalue weighted by Gasteiger charge is 2.23. The maximum absolute atomic E-state index is 11.8. The van der Waals surface area contributed by atoms with Crippen molar-refractivity contribution in [2.45, 2.75) is 19.8 Å². The summed E-state index contributed by atoms with van der Waals surface area (Å²) in [6, 6.07) is 3.98. The van der Waals surface area contributed by atoms with Crippen molar-refractivity contribution in [1.82, 2.24) is 0 Å². The van der Waals surface area contributed by atoms with Gasteiger partial charge in [-0.05, 0) is 31.0 Å². The molecule has 0 bridgehead atoms. The molecule has 0 aromatic heterocycles. The van der Waals surface area contributed by atoms with Crippen molar-refractivity contribution in [3.63, 3.8) is 0 Å². The third-order valence-electron chi connectivity index (χ3n) is 3.61. The first kappa shape index (κ1) is 13.9. The van der Waals surface area contributed by atoms with E-state index in [1.165, 1.54) is 0 Å². The molecule has 0 amide bonds. The van der Waals surface area contributed by atoms with Gasteiger partial charge in [0.1, 0.15) is 5.75 Å². The summed E-state index contributed by atoms with van der Waals surface area (Å²) < 4.78 is 10.6. The first-order valence-electron chi connectivity index (χ1n) is 6.69. The molecule has 1 aliphatic rings. The molecule has 0 saturated carbocycles. The van der Waals surface area contributed by atoms with Crippen LogP contribution in [0.1, 0.15) is 29.3 Å². The Kier molecular flexibility index (Phi) is 4.43. The van der Waals surface area contributed by atoms with Gasteiger partial charge in [0.05, 0.1) is 19.4 Å². The van der Waals surface area contributed by atoms with Crippen LogP contribution in [0.25, 0.3) is 0 Å². The van der Waals surface area contributed by atoms with E-state index in [4.69, 9.17) is 9.47 Å². The number of fused-ring (bicyclic) bond motifs is 1. The Labute approximate surface area is 114 Å². The van der Waals surface area contributed by atoms with E-state index in [1.807, 2.05) is 6.07 Å². The normalized spacial score (nSPS) is 13.5. The molecule has 0 radical (unpaired) electrons. The second-order valence-electron chi connectivity index (χ2n) is 4.68. The van der Waals surface area contributed by atoms with E-state index in [9.17, 15) is 4.79 Å². The van der Waals surface area contributed by atoms with Gasteiger partial charge in [0.2, 0.25) is 0 Å². The van der Waals surface area contributed by atoms with Crippen LogP contribution in [0.5, 0.6) is 5.75 Å². The number of benzene rings is 1. The predicted octanol–water partition coefficient (Wildman–Crippen LogP) is 2.30. The van der Waals surface area contributed by atoms with Crippen LogP contribution in [0, 0.1) is 0 Å². The number of carbonyl (C=O) groups excluding carboxylic acids is 1. The quantitative estimate of drug-likeness (QED) is 0.789. The second kappa shape index (κ2) is 6.06. The molecular formula is C15H21NO3. The Morgan fingerprint density at radius 3 is 2.68 bits per heavy atom. The SMILES string of the molecule is CCN(CCOC)c1cc2c(cc1OC)C(=O)CC2. The first-order valence-corrected chi connectivity index (χ1v) is 6.69. The third kappa shape index (κ3) is 2.73. The van der Waals surface area contributed by atoms with Crippen molar-refractivity contribution in [2.75, 3.05) is 38.8 Å². The van der Waals surface area contributed by atoms with Crippen LogP contribution in [0.2, 0.25) is 0 Å². The summed E-state index contributed by atoms with van der Waals surface area (Å²) in [6.45, 7) is 4.48. The van der Waals surface area contributed by atoms with E-state index in [0.29, 0.717) is 13.0 Å². The van der Waals surface area contributed by atoms with Crippen molar-refractivity contribution in [3.05, 3.63) is 23.3 Å². The molecule has 0 N–H and O–H groups in total. The summed E-state index contributed by atoms with van der Waals surface area (Å²) >= 11 is 0. The summed E-state index contributed by atoms with van der Waals surface area (Å²) in [5, 5.41) is 0. The lowest BCUT2D eigenvalue weighted by atomic mass is 10.1. The van der Waals surface area contributed by atoms with Crippen LogP contribution in [0.15, 0.2) is 12.1 Å². The minimum atomic E-state index is 0.222. The maximum atomic E-state index is 11.8. The lowest BCUT2D eigenvalue weighted by Gasteiger charge is -2.25. The number of anilines is 1. The highest BCUT2D eigenvalue weighted by molar-refractivity contribution is 6.01. The van der Waals surface area contributed by atoms with Crippen LogP contribution in [-0.4, -0.2) is 39.7 Å². The lowest BCUT2D eigenvalue weighted by Crippen LogP contribution is -2.27. The molecular weight excluding hydrogens is 242 g/mol. The van der Waals surface area contributed by atoms with Gasteiger partial charge in [-0.25, -0.2) is 0 Å². The number of likely N-dealkylation sites (N-methyl/N-ethyl adjacent to an activating group) is 1. The molecule has 104 valence electrons. The monoisotopic (exact) mass is 263 g/mol. The Balaban J connectivity index is 2.36. The predicted molar refractivity (Wildman–Crippen MR) is 75.4 cm³/mol. The smallest absolute Gasteiger partial charge is 0.163 e. The highest BCUT2D eigenvalue weighted by Crippen LogP contribution is 2.35. The zero-order valence-electron chi connectivity index (χ0n) is 11.9. The van der Waals surface area contributed by atoms with Gasteiger partial charge in [0.15, 0.2) is 5.78 Å². The fraction of sp³-hybridized carbons (Fsp3) is 0.533. The fourth-order valence-electron chi connectivity index (χ4n) is 2.52. The lowest BCUT2D eigenvalue weighted by molar-refractivity contribution is 0.0994. The van der Waals surface area contributed by atoms with Crippen molar-refractivity contribution in [3.8, 4) is 5.75 Å². The maximum Gasteiger partial charge on any atom is 0.163 e. The zero-order chi connectivity index (χ0) is 13.8. The highest BCUT2D eigenvalue weighted by atomic mass is 16.5. The van der Waals surface area contributed by atoms with Gasteiger partial charge in [-0.2, -0.15) is 0 Å². The van der Waals surface area contributed by atoms with E-state index in [1.54, 1.807) is 14.2 Å². The van der Waals surface area contributed by atoms with E-state index in [2.05, 4.69) is 17.9 Å². The number of hydrogen-bond acceptors (Lipinski definition) is 4. The molecule has 0 unspecified atom stereocenters. The van der Waals surface area contributed by atoms with E-state index < -0.39 is 0 Å². The van der Waals surface area contributed by atoms with Gasteiger partial charge in [-0.15, -0.1) is 0 Å². The summed E-state index contributed by atoms with van der Waals surface area (Å²) in [6.07, 6.45) is 1.46. The molecule has 4 heteroatoms. The molecule has 4 nitrogen and oxygen atoms in total. The molecule has 0 aliphatic heterocycles. The summed E-state index contributed by atoms with van der Waals surface area (Å²) in [7, 11) is 3.35. The fourth-order valence-corrected chi connectivity index (χ4v) is 2.52. The summed E-state index contributed by atoms with van der Waals surface area (Å²) in [4.78, 5) is 14.0. The Bertz CT molecular complexity index is 471. The van der Waals surface area contributed by atoms with E-state index >= 15 is 0 Å². The number of methoxy groups -OCH3 is 2. The van der Waals surface area contributed by atoms with Gasteiger partial charge < -0.3 is 14.4 Å². The number of Topliss-reactive ketones (excluding diaryl/α,β-unsaturated/α-hetero) is 1. The molecule has 1 aliphatic carbocycles. The van der Waals surface area contributed by atoms with Gasteiger partial charge in [-0.3, -0.25) is 4.79 Å². The minimum absolute atomic E-state index is 0.222. The number of hydrogen-bond donors (Lipinski definition) is 0.